The maximum atomic E-state index is 10.6. The molecule has 0 saturated carbocycles. The van der Waals surface area contributed by atoms with Gasteiger partial charge in [-0.2, -0.15) is 0 Å². The van der Waals surface area contributed by atoms with Gasteiger partial charge in [0.15, 0.2) is 18.9 Å². The zero-order valence-corrected chi connectivity index (χ0v) is 17.6. The van der Waals surface area contributed by atoms with E-state index in [9.17, 15) is 51.1 Å². The summed E-state index contributed by atoms with van der Waals surface area (Å²) in [5, 5.41) is 100.0. The maximum Gasteiger partial charge on any atom is 0.187 e. The van der Waals surface area contributed by atoms with Crippen LogP contribution < -0.4 is 0 Å². The molecule has 3 fully saturated rings. The van der Waals surface area contributed by atoms with Gasteiger partial charge >= 0.3 is 0 Å². The van der Waals surface area contributed by atoms with Crippen LogP contribution in [0.3, 0.4) is 0 Å². The Balaban J connectivity index is 1.82. The molecular formula is C18H32O15. The van der Waals surface area contributed by atoms with Crippen LogP contribution in [0, 0.1) is 0 Å². The Morgan fingerprint density at radius 1 is 0.545 bits per heavy atom. The van der Waals surface area contributed by atoms with Gasteiger partial charge in [-0.25, -0.2) is 0 Å². The molecule has 0 aromatic carbocycles. The second-order valence-electron chi connectivity index (χ2n) is 8.32. The van der Waals surface area contributed by atoms with Gasteiger partial charge in [-0.05, 0) is 6.92 Å². The van der Waals surface area contributed by atoms with Gasteiger partial charge in [0.25, 0.3) is 0 Å². The van der Waals surface area contributed by atoms with E-state index in [0.717, 1.165) is 0 Å². The Morgan fingerprint density at radius 2 is 1.03 bits per heavy atom. The second kappa shape index (κ2) is 11.0. The van der Waals surface area contributed by atoms with Crippen molar-refractivity contribution in [3.05, 3.63) is 0 Å². The molecule has 3 aliphatic rings. The molecule has 194 valence electrons. The number of hydrogen-bond acceptors (Lipinski definition) is 15. The van der Waals surface area contributed by atoms with Crippen LogP contribution in [0.5, 0.6) is 0 Å². The molecule has 0 amide bonds. The van der Waals surface area contributed by atoms with Crippen molar-refractivity contribution in [1.29, 1.82) is 0 Å². The van der Waals surface area contributed by atoms with Crippen molar-refractivity contribution in [3.63, 3.8) is 0 Å². The predicted octanol–water partition coefficient (Wildman–Crippen LogP) is -6.55. The molecule has 15 nitrogen and oxygen atoms in total. The Kier molecular flexibility index (Phi) is 8.99. The van der Waals surface area contributed by atoms with E-state index in [1.807, 2.05) is 0 Å². The molecule has 0 spiro atoms. The molecular weight excluding hydrogens is 456 g/mol. The number of aliphatic hydroxyl groups excluding tert-OH is 10. The van der Waals surface area contributed by atoms with Crippen molar-refractivity contribution >= 4 is 0 Å². The fourth-order valence-corrected chi connectivity index (χ4v) is 3.97. The van der Waals surface area contributed by atoms with Crippen LogP contribution in [0.2, 0.25) is 0 Å². The van der Waals surface area contributed by atoms with E-state index in [-0.39, 0.29) is 0 Å². The normalized spacial score (nSPS) is 53.7. The number of hydrogen-bond donors (Lipinski definition) is 10. The van der Waals surface area contributed by atoms with Crippen molar-refractivity contribution in [2.45, 2.75) is 99.0 Å². The van der Waals surface area contributed by atoms with Gasteiger partial charge in [-0.3, -0.25) is 0 Å². The fraction of sp³-hybridized carbons (Fsp3) is 1.00. The molecule has 3 heterocycles. The smallest absolute Gasteiger partial charge is 0.187 e. The predicted molar refractivity (Wildman–Crippen MR) is 99.8 cm³/mol. The van der Waals surface area contributed by atoms with Crippen LogP contribution in [-0.2, 0) is 23.7 Å². The van der Waals surface area contributed by atoms with Gasteiger partial charge in [0.05, 0.1) is 19.3 Å². The molecule has 0 aromatic rings. The van der Waals surface area contributed by atoms with Crippen molar-refractivity contribution < 1.29 is 74.7 Å². The topological polar surface area (TPSA) is 248 Å². The first-order valence-electron chi connectivity index (χ1n) is 10.4. The highest BCUT2D eigenvalue weighted by Crippen LogP contribution is 2.32. The van der Waals surface area contributed by atoms with E-state index in [0.29, 0.717) is 0 Å². The van der Waals surface area contributed by atoms with Crippen LogP contribution >= 0.6 is 0 Å². The highest BCUT2D eigenvalue weighted by molar-refractivity contribution is 4.96. The highest BCUT2D eigenvalue weighted by Gasteiger charge is 2.53. The molecule has 3 rings (SSSR count). The Hall–Kier alpha value is -0.600. The van der Waals surface area contributed by atoms with Crippen molar-refractivity contribution in [1.82, 2.24) is 0 Å². The first-order chi connectivity index (χ1) is 15.5. The molecule has 0 bridgehead atoms. The van der Waals surface area contributed by atoms with E-state index in [1.165, 1.54) is 6.92 Å². The number of ether oxygens (including phenoxy) is 5. The molecule has 15 heteroatoms. The van der Waals surface area contributed by atoms with Gasteiger partial charge in [0, 0.05) is 0 Å². The average molecular weight is 488 g/mol. The zero-order chi connectivity index (χ0) is 24.6. The summed E-state index contributed by atoms with van der Waals surface area (Å²) in [6, 6.07) is 0. The summed E-state index contributed by atoms with van der Waals surface area (Å²) in [6.07, 6.45) is -24.1. The second-order valence-corrected chi connectivity index (χ2v) is 8.32. The summed E-state index contributed by atoms with van der Waals surface area (Å²) in [5.41, 5.74) is 0. The van der Waals surface area contributed by atoms with Crippen molar-refractivity contribution in [2.75, 3.05) is 13.2 Å². The Bertz CT molecular complexity index is 624. The number of aliphatic hydroxyl groups is 10. The standard InChI is InChI=1S/C18H32O15/c1-4-7(21)10(24)12(26)17(29-4)33-15-14(9(23)6(3-20)30-16(15)28)32-18-13(27)11(25)8(22)5(2-19)31-18/h4-28H,2-3H2,1H3/t4?,5?,6?,7-,8+,9+,10+,11+,12?,13?,14+,15?,16-,17+,18+/m1/s1. The van der Waals surface area contributed by atoms with Gasteiger partial charge in [0.2, 0.25) is 0 Å². The van der Waals surface area contributed by atoms with Crippen LogP contribution in [-0.4, -0.2) is 156 Å². The molecule has 33 heavy (non-hydrogen) atoms. The lowest BCUT2D eigenvalue weighted by molar-refractivity contribution is -0.386. The molecule has 0 radical (unpaired) electrons. The third-order valence-corrected chi connectivity index (χ3v) is 6.06. The monoisotopic (exact) mass is 488 g/mol. The van der Waals surface area contributed by atoms with Gasteiger partial charge in [-0.1, -0.05) is 0 Å². The largest absolute Gasteiger partial charge is 0.394 e. The molecule has 15 atom stereocenters. The van der Waals surface area contributed by atoms with Crippen LogP contribution in [0.15, 0.2) is 0 Å². The SMILES string of the molecule is CC1O[C@@H](OC2[C@H](O)OC(CO)[C@H](O)[C@@H]2O[C@@H]2OC(CO)[C@H](O)[C@H](O)C2O)C(O)[C@@H](O)[C@@H]1O. The summed E-state index contributed by atoms with van der Waals surface area (Å²) in [6.45, 7) is -0.115. The third kappa shape index (κ3) is 5.32. The minimum Gasteiger partial charge on any atom is -0.394 e. The maximum absolute atomic E-state index is 10.6. The molecule has 6 unspecified atom stereocenters. The van der Waals surface area contributed by atoms with E-state index >= 15 is 0 Å². The minimum absolute atomic E-state index is 0.747. The van der Waals surface area contributed by atoms with Gasteiger partial charge in [0.1, 0.15) is 67.1 Å². The fourth-order valence-electron chi connectivity index (χ4n) is 3.97. The van der Waals surface area contributed by atoms with Crippen molar-refractivity contribution in [2.24, 2.45) is 0 Å². The zero-order valence-electron chi connectivity index (χ0n) is 17.6. The Morgan fingerprint density at radius 3 is 1.61 bits per heavy atom. The lowest BCUT2D eigenvalue weighted by Gasteiger charge is -2.48. The van der Waals surface area contributed by atoms with Crippen molar-refractivity contribution in [3.8, 4) is 0 Å². The lowest BCUT2D eigenvalue weighted by atomic mass is 9.96. The summed E-state index contributed by atoms with van der Waals surface area (Å²) in [5.74, 6) is 0. The molecule has 10 N–H and O–H groups in total. The van der Waals surface area contributed by atoms with Gasteiger partial charge in [-0.15, -0.1) is 0 Å². The summed E-state index contributed by atoms with van der Waals surface area (Å²) >= 11 is 0. The molecule has 3 aliphatic heterocycles. The van der Waals surface area contributed by atoms with Crippen LogP contribution in [0.1, 0.15) is 6.92 Å². The van der Waals surface area contributed by atoms with E-state index in [4.69, 9.17) is 23.7 Å². The number of rotatable bonds is 6. The lowest BCUT2D eigenvalue weighted by Crippen LogP contribution is -2.66. The Labute approximate surface area is 187 Å². The minimum atomic E-state index is -1.88. The van der Waals surface area contributed by atoms with Gasteiger partial charge < -0.3 is 74.7 Å². The molecule has 3 saturated heterocycles. The highest BCUT2D eigenvalue weighted by atomic mass is 16.8. The summed E-state index contributed by atoms with van der Waals surface area (Å²) in [4.78, 5) is 0. The summed E-state index contributed by atoms with van der Waals surface area (Å²) in [7, 11) is 0. The molecule has 0 aromatic heterocycles. The quantitative estimate of drug-likeness (QED) is 0.167. The third-order valence-electron chi connectivity index (χ3n) is 6.06. The first kappa shape index (κ1) is 27.0. The van der Waals surface area contributed by atoms with Crippen LogP contribution in [0.25, 0.3) is 0 Å². The molecule has 0 aliphatic carbocycles. The van der Waals surface area contributed by atoms with E-state index < -0.39 is 105 Å². The van der Waals surface area contributed by atoms with E-state index in [2.05, 4.69) is 0 Å². The average Bonchev–Trinajstić information content (AvgIpc) is 2.79. The van der Waals surface area contributed by atoms with Crippen LogP contribution in [0.4, 0.5) is 0 Å². The first-order valence-corrected chi connectivity index (χ1v) is 10.4. The summed E-state index contributed by atoms with van der Waals surface area (Å²) < 4.78 is 26.7. The van der Waals surface area contributed by atoms with E-state index in [1.54, 1.807) is 0 Å².